The van der Waals surface area contributed by atoms with E-state index in [0.29, 0.717) is 5.69 Å². The van der Waals surface area contributed by atoms with E-state index in [1.807, 2.05) is 49.4 Å². The highest BCUT2D eigenvalue weighted by atomic mass is 32.2. The van der Waals surface area contributed by atoms with Crippen molar-refractivity contribution in [2.45, 2.75) is 6.92 Å². The smallest absolute Gasteiger partial charge is 0.234 e. The van der Waals surface area contributed by atoms with Crippen LogP contribution in [-0.4, -0.2) is 38.1 Å². The number of hydrogen-bond acceptors (Lipinski definition) is 5. The van der Waals surface area contributed by atoms with Crippen molar-refractivity contribution >= 4 is 35.0 Å². The van der Waals surface area contributed by atoms with Crippen molar-refractivity contribution in [2.24, 2.45) is 0 Å². The number of hydrogen-bond donors (Lipinski definition) is 2. The van der Waals surface area contributed by atoms with Crippen molar-refractivity contribution in [1.29, 1.82) is 0 Å². The summed E-state index contributed by atoms with van der Waals surface area (Å²) in [5.41, 5.74) is 3.24. The number of aryl methyl sites for hydroxylation is 1. The number of anilines is 2. The number of benzene rings is 2. The van der Waals surface area contributed by atoms with Crippen molar-refractivity contribution < 1.29 is 9.59 Å². The summed E-state index contributed by atoms with van der Waals surface area (Å²) in [6, 6.07) is 14.9. The molecule has 0 aliphatic rings. The minimum Gasteiger partial charge on any atom is -0.325 e. The van der Waals surface area contributed by atoms with Gasteiger partial charge in [-0.1, -0.05) is 29.8 Å². The number of amides is 2. The Kier molecular flexibility index (Phi) is 6.22. The number of carbonyl (C=O) groups is 2. The van der Waals surface area contributed by atoms with E-state index < -0.39 is 0 Å². The zero-order valence-corrected chi connectivity index (χ0v) is 15.6. The Morgan fingerprint density at radius 1 is 1.00 bits per heavy atom. The van der Waals surface area contributed by atoms with Gasteiger partial charge in [0.1, 0.15) is 12.7 Å². The fraction of sp³-hybridized carbons (Fsp3) is 0.158. The van der Waals surface area contributed by atoms with Crippen molar-refractivity contribution in [3.63, 3.8) is 0 Å². The summed E-state index contributed by atoms with van der Waals surface area (Å²) in [5.74, 6) is 0.0503. The molecule has 2 aromatic carbocycles. The summed E-state index contributed by atoms with van der Waals surface area (Å²) in [7, 11) is 0. The molecule has 3 aromatic rings. The quantitative estimate of drug-likeness (QED) is 0.657. The number of rotatable bonds is 7. The van der Waals surface area contributed by atoms with E-state index in [0.717, 1.165) is 16.9 Å². The Morgan fingerprint density at radius 2 is 1.70 bits per heavy atom. The van der Waals surface area contributed by atoms with Crippen LogP contribution in [0.15, 0.2) is 61.2 Å². The zero-order valence-electron chi connectivity index (χ0n) is 14.8. The SMILES string of the molecule is Cc1ccc(NC(=O)CSCC(=O)Nc2ccccc2-n2cncn2)cc1. The Labute approximate surface area is 161 Å². The fourth-order valence-electron chi connectivity index (χ4n) is 2.37. The van der Waals surface area contributed by atoms with Crippen LogP contribution >= 0.6 is 11.8 Å². The van der Waals surface area contributed by atoms with Crippen molar-refractivity contribution in [3.05, 3.63) is 66.7 Å². The molecular weight excluding hydrogens is 362 g/mol. The molecule has 8 heteroatoms. The van der Waals surface area contributed by atoms with E-state index in [1.54, 1.807) is 17.1 Å². The molecule has 3 rings (SSSR count). The van der Waals surface area contributed by atoms with Crippen LogP contribution < -0.4 is 10.6 Å². The highest BCUT2D eigenvalue weighted by Gasteiger charge is 2.10. The number of aromatic nitrogens is 3. The summed E-state index contributed by atoms with van der Waals surface area (Å²) in [6.07, 6.45) is 3.00. The molecule has 0 bridgehead atoms. The van der Waals surface area contributed by atoms with Crippen molar-refractivity contribution in [3.8, 4) is 5.69 Å². The van der Waals surface area contributed by atoms with Crippen LogP contribution in [-0.2, 0) is 9.59 Å². The van der Waals surface area contributed by atoms with Gasteiger partial charge in [-0.15, -0.1) is 11.8 Å². The normalized spacial score (nSPS) is 10.4. The van der Waals surface area contributed by atoms with Gasteiger partial charge in [-0.05, 0) is 31.2 Å². The minimum absolute atomic E-state index is 0.139. The predicted molar refractivity (Wildman–Crippen MR) is 107 cm³/mol. The van der Waals surface area contributed by atoms with E-state index in [1.165, 1.54) is 18.1 Å². The van der Waals surface area contributed by atoms with Gasteiger partial charge in [0, 0.05) is 5.69 Å². The first-order valence-corrected chi connectivity index (χ1v) is 9.45. The Morgan fingerprint density at radius 3 is 2.41 bits per heavy atom. The first kappa shape index (κ1) is 18.7. The lowest BCUT2D eigenvalue weighted by molar-refractivity contribution is -0.114. The molecule has 0 spiro atoms. The summed E-state index contributed by atoms with van der Waals surface area (Å²) in [4.78, 5) is 28.1. The summed E-state index contributed by atoms with van der Waals surface area (Å²) in [5, 5.41) is 9.74. The van der Waals surface area contributed by atoms with Crippen LogP contribution in [0.3, 0.4) is 0 Å². The Hall–Kier alpha value is -3.13. The maximum atomic E-state index is 12.2. The zero-order chi connectivity index (χ0) is 19.1. The van der Waals surface area contributed by atoms with Crippen LogP contribution in [0.25, 0.3) is 5.69 Å². The van der Waals surface area contributed by atoms with Gasteiger partial charge in [0.25, 0.3) is 0 Å². The molecule has 0 unspecified atom stereocenters. The topological polar surface area (TPSA) is 88.9 Å². The maximum absolute atomic E-state index is 12.2. The van der Waals surface area contributed by atoms with E-state index in [9.17, 15) is 9.59 Å². The second-order valence-corrected chi connectivity index (χ2v) is 6.80. The van der Waals surface area contributed by atoms with Gasteiger partial charge in [0.05, 0.1) is 22.9 Å². The van der Waals surface area contributed by atoms with Gasteiger partial charge in [0.2, 0.25) is 11.8 Å². The molecule has 1 heterocycles. The molecule has 0 radical (unpaired) electrons. The highest BCUT2D eigenvalue weighted by molar-refractivity contribution is 8.00. The largest absolute Gasteiger partial charge is 0.325 e. The number of para-hydroxylation sites is 2. The van der Waals surface area contributed by atoms with Crippen molar-refractivity contribution in [1.82, 2.24) is 14.8 Å². The molecule has 0 aliphatic carbocycles. The highest BCUT2D eigenvalue weighted by Crippen LogP contribution is 2.19. The third-order valence-electron chi connectivity index (χ3n) is 3.65. The Bertz CT molecular complexity index is 910. The molecule has 2 N–H and O–H groups in total. The lowest BCUT2D eigenvalue weighted by atomic mass is 10.2. The van der Waals surface area contributed by atoms with Crippen LogP contribution in [0, 0.1) is 6.92 Å². The molecule has 0 aliphatic heterocycles. The van der Waals surface area contributed by atoms with E-state index in [-0.39, 0.29) is 23.3 Å². The number of nitrogens with zero attached hydrogens (tertiary/aromatic N) is 3. The number of nitrogens with one attached hydrogen (secondary N) is 2. The van der Waals surface area contributed by atoms with Crippen LogP contribution in [0.4, 0.5) is 11.4 Å². The van der Waals surface area contributed by atoms with Gasteiger partial charge < -0.3 is 10.6 Å². The molecule has 0 atom stereocenters. The monoisotopic (exact) mass is 381 g/mol. The van der Waals surface area contributed by atoms with Crippen LogP contribution in [0.2, 0.25) is 0 Å². The maximum Gasteiger partial charge on any atom is 0.234 e. The minimum atomic E-state index is -0.185. The van der Waals surface area contributed by atoms with E-state index >= 15 is 0 Å². The second-order valence-electron chi connectivity index (χ2n) is 5.81. The summed E-state index contributed by atoms with van der Waals surface area (Å²) >= 11 is 1.26. The van der Waals surface area contributed by atoms with Gasteiger partial charge in [-0.25, -0.2) is 9.67 Å². The fourth-order valence-corrected chi connectivity index (χ4v) is 2.99. The van der Waals surface area contributed by atoms with Gasteiger partial charge in [-0.2, -0.15) is 5.10 Å². The van der Waals surface area contributed by atoms with Crippen LogP contribution in [0.1, 0.15) is 5.56 Å². The van der Waals surface area contributed by atoms with Crippen LogP contribution in [0.5, 0.6) is 0 Å². The standard InChI is InChI=1S/C19H19N5O2S/c1-14-6-8-15(9-7-14)22-18(25)10-27-11-19(26)23-16-4-2-3-5-17(16)24-13-20-12-21-24/h2-9,12-13H,10-11H2,1H3,(H,22,25)(H,23,26). The van der Waals surface area contributed by atoms with Gasteiger partial charge in [-0.3, -0.25) is 9.59 Å². The molecule has 1 aromatic heterocycles. The average molecular weight is 381 g/mol. The van der Waals surface area contributed by atoms with Gasteiger partial charge >= 0.3 is 0 Å². The molecule has 2 amide bonds. The van der Waals surface area contributed by atoms with E-state index in [4.69, 9.17) is 0 Å². The first-order valence-electron chi connectivity index (χ1n) is 8.30. The lowest BCUT2D eigenvalue weighted by Gasteiger charge is -2.10. The predicted octanol–water partition coefficient (Wildman–Crippen LogP) is 2.89. The summed E-state index contributed by atoms with van der Waals surface area (Å²) in [6.45, 7) is 1.99. The van der Waals surface area contributed by atoms with Crippen molar-refractivity contribution in [2.75, 3.05) is 22.1 Å². The molecule has 138 valence electrons. The number of carbonyl (C=O) groups excluding carboxylic acids is 2. The summed E-state index contributed by atoms with van der Waals surface area (Å²) < 4.78 is 1.58. The Balaban J connectivity index is 1.48. The van der Waals surface area contributed by atoms with Gasteiger partial charge in [0.15, 0.2) is 0 Å². The molecule has 7 nitrogen and oxygen atoms in total. The molecule has 0 fully saturated rings. The molecule has 0 saturated heterocycles. The third-order valence-corrected chi connectivity index (χ3v) is 4.58. The average Bonchev–Trinajstić information content (AvgIpc) is 3.18. The first-order chi connectivity index (χ1) is 13.1. The second kappa shape index (κ2) is 9.00. The van der Waals surface area contributed by atoms with E-state index in [2.05, 4.69) is 20.7 Å². The number of thioether (sulfide) groups is 1. The third kappa shape index (κ3) is 5.42. The molecular formula is C19H19N5O2S. The molecule has 27 heavy (non-hydrogen) atoms. The molecule has 0 saturated carbocycles. The lowest BCUT2D eigenvalue weighted by Crippen LogP contribution is -2.19.